The Balaban J connectivity index is 2.37. The van der Waals surface area contributed by atoms with Crippen molar-refractivity contribution in [1.82, 2.24) is 9.78 Å². The first-order valence-electron chi connectivity index (χ1n) is 6.71. The van der Waals surface area contributed by atoms with E-state index in [9.17, 15) is 4.79 Å². The highest BCUT2D eigenvalue weighted by Gasteiger charge is 2.19. The number of benzene rings is 1. The first-order valence-corrected chi connectivity index (χ1v) is 7.09. The molecule has 0 spiro atoms. The highest BCUT2D eigenvalue weighted by Crippen LogP contribution is 2.24. The fourth-order valence-electron chi connectivity index (χ4n) is 2.09. The summed E-state index contributed by atoms with van der Waals surface area (Å²) in [4.78, 5) is 12.5. The lowest BCUT2D eigenvalue weighted by Gasteiger charge is -2.19. The number of aromatic nitrogens is 2. The summed E-state index contributed by atoms with van der Waals surface area (Å²) in [5.74, 6) is -0.0881. The Hall–Kier alpha value is -1.61. The van der Waals surface area contributed by atoms with Gasteiger partial charge in [0.2, 0.25) is 5.78 Å². The van der Waals surface area contributed by atoms with E-state index in [0.29, 0.717) is 22.8 Å². The van der Waals surface area contributed by atoms with Crippen LogP contribution in [-0.2, 0) is 12.0 Å². The smallest absolute Gasteiger partial charge is 0.212 e. The van der Waals surface area contributed by atoms with Crippen LogP contribution in [0.4, 0.5) is 0 Å². The van der Waals surface area contributed by atoms with Gasteiger partial charge < -0.3 is 0 Å². The van der Waals surface area contributed by atoms with E-state index in [2.05, 4.69) is 25.9 Å². The van der Waals surface area contributed by atoms with Gasteiger partial charge in [0.1, 0.15) is 5.69 Å². The Morgan fingerprint density at radius 1 is 1.25 bits per heavy atom. The molecule has 4 heteroatoms. The molecule has 1 aromatic heterocycles. The van der Waals surface area contributed by atoms with Crippen molar-refractivity contribution in [2.75, 3.05) is 0 Å². The molecule has 0 amide bonds. The van der Waals surface area contributed by atoms with E-state index in [4.69, 9.17) is 11.6 Å². The van der Waals surface area contributed by atoms with Crippen LogP contribution < -0.4 is 0 Å². The normalized spacial score (nSPS) is 11.7. The van der Waals surface area contributed by atoms with Crippen molar-refractivity contribution >= 4 is 17.4 Å². The average Bonchev–Trinajstić information content (AvgIpc) is 2.78. The third-order valence-corrected chi connectivity index (χ3v) is 3.60. The summed E-state index contributed by atoms with van der Waals surface area (Å²) in [7, 11) is 0. The van der Waals surface area contributed by atoms with Crippen molar-refractivity contribution < 1.29 is 4.79 Å². The largest absolute Gasteiger partial charge is 0.287 e. The Labute approximate surface area is 124 Å². The van der Waals surface area contributed by atoms with Crippen LogP contribution in [0.3, 0.4) is 0 Å². The van der Waals surface area contributed by atoms with Gasteiger partial charge >= 0.3 is 0 Å². The summed E-state index contributed by atoms with van der Waals surface area (Å²) in [5.41, 5.74) is 2.36. The number of ketones is 1. The van der Waals surface area contributed by atoms with E-state index in [-0.39, 0.29) is 11.2 Å². The number of hydrogen-bond donors (Lipinski definition) is 0. The van der Waals surface area contributed by atoms with E-state index in [0.717, 1.165) is 0 Å². The van der Waals surface area contributed by atoms with E-state index >= 15 is 0 Å². The maximum absolute atomic E-state index is 12.5. The Morgan fingerprint density at radius 2 is 1.85 bits per heavy atom. The number of hydrogen-bond acceptors (Lipinski definition) is 2. The fourth-order valence-corrected chi connectivity index (χ4v) is 2.31. The quantitative estimate of drug-likeness (QED) is 0.798. The van der Waals surface area contributed by atoms with Gasteiger partial charge in [0, 0.05) is 12.1 Å². The van der Waals surface area contributed by atoms with Crippen LogP contribution >= 0.6 is 11.6 Å². The summed E-state index contributed by atoms with van der Waals surface area (Å²) in [6.45, 7) is 8.99. The monoisotopic (exact) mass is 290 g/mol. The van der Waals surface area contributed by atoms with Crippen LogP contribution in [0, 0.1) is 0 Å². The first-order chi connectivity index (χ1) is 9.34. The summed E-state index contributed by atoms with van der Waals surface area (Å²) < 4.78 is 1.63. The number of rotatable bonds is 3. The maximum atomic E-state index is 12.5. The van der Waals surface area contributed by atoms with Crippen LogP contribution in [0.2, 0.25) is 5.02 Å². The Morgan fingerprint density at radius 3 is 2.35 bits per heavy atom. The summed E-state index contributed by atoms with van der Waals surface area (Å²) in [6, 6.07) is 7.69. The van der Waals surface area contributed by atoms with Crippen LogP contribution in [0.1, 0.15) is 49.3 Å². The van der Waals surface area contributed by atoms with E-state index < -0.39 is 0 Å². The average molecular weight is 291 g/mol. The van der Waals surface area contributed by atoms with Crippen LogP contribution in [0.25, 0.3) is 0 Å². The zero-order chi connectivity index (χ0) is 14.9. The Bertz CT molecular complexity index is 621. The zero-order valence-corrected chi connectivity index (χ0v) is 13.0. The van der Waals surface area contributed by atoms with Gasteiger partial charge in [-0.3, -0.25) is 9.48 Å². The minimum Gasteiger partial charge on any atom is -0.287 e. The maximum Gasteiger partial charge on any atom is 0.212 e. The standard InChI is InChI=1S/C16H19ClN2O/c1-5-19-14(13(17)10-18-19)15(20)11-6-8-12(9-7-11)16(2,3)4/h6-10H,5H2,1-4H3. The molecule has 0 aliphatic carbocycles. The van der Waals surface area contributed by atoms with E-state index in [1.54, 1.807) is 4.68 Å². The van der Waals surface area contributed by atoms with Crippen molar-refractivity contribution in [1.29, 1.82) is 0 Å². The molecule has 3 nitrogen and oxygen atoms in total. The zero-order valence-electron chi connectivity index (χ0n) is 12.3. The summed E-state index contributed by atoms with van der Waals surface area (Å²) >= 11 is 6.07. The van der Waals surface area contributed by atoms with E-state index in [1.807, 2.05) is 31.2 Å². The molecule has 0 fully saturated rings. The number of carbonyl (C=O) groups is 1. The lowest BCUT2D eigenvalue weighted by Crippen LogP contribution is -2.13. The molecule has 0 N–H and O–H groups in total. The van der Waals surface area contributed by atoms with Crippen LogP contribution in [0.5, 0.6) is 0 Å². The molecule has 1 aromatic carbocycles. The first kappa shape index (κ1) is 14.8. The predicted molar refractivity (Wildman–Crippen MR) is 81.5 cm³/mol. The van der Waals surface area contributed by atoms with Gasteiger partial charge in [0.05, 0.1) is 11.2 Å². The predicted octanol–water partition coefficient (Wildman–Crippen LogP) is 4.08. The second-order valence-corrected chi connectivity index (χ2v) is 6.22. The molecular weight excluding hydrogens is 272 g/mol. The minimum absolute atomic E-state index is 0.0738. The van der Waals surface area contributed by atoms with Gasteiger partial charge in [-0.25, -0.2) is 0 Å². The van der Waals surface area contributed by atoms with Gasteiger partial charge in [0.15, 0.2) is 0 Å². The third-order valence-electron chi connectivity index (χ3n) is 3.32. The second kappa shape index (κ2) is 5.41. The molecule has 20 heavy (non-hydrogen) atoms. The molecule has 0 atom stereocenters. The molecule has 0 saturated heterocycles. The molecule has 106 valence electrons. The highest BCUT2D eigenvalue weighted by molar-refractivity contribution is 6.34. The Kier molecular flexibility index (Phi) is 4.00. The third kappa shape index (κ3) is 2.78. The molecule has 0 saturated carbocycles. The van der Waals surface area contributed by atoms with Gasteiger partial charge in [-0.1, -0.05) is 56.6 Å². The molecule has 0 unspecified atom stereocenters. The molecule has 2 aromatic rings. The van der Waals surface area contributed by atoms with Crippen molar-refractivity contribution in [2.45, 2.75) is 39.7 Å². The van der Waals surface area contributed by atoms with Crippen molar-refractivity contribution in [3.63, 3.8) is 0 Å². The molecule has 0 aliphatic heterocycles. The second-order valence-electron chi connectivity index (χ2n) is 5.81. The molecule has 0 aliphatic rings. The van der Waals surface area contributed by atoms with Crippen LogP contribution in [-0.4, -0.2) is 15.6 Å². The van der Waals surface area contributed by atoms with Crippen molar-refractivity contribution in [2.24, 2.45) is 0 Å². The minimum atomic E-state index is -0.0881. The molecular formula is C16H19ClN2O. The van der Waals surface area contributed by atoms with Gasteiger partial charge in [-0.05, 0) is 17.9 Å². The van der Waals surface area contributed by atoms with E-state index in [1.165, 1.54) is 11.8 Å². The molecule has 2 rings (SSSR count). The summed E-state index contributed by atoms with van der Waals surface area (Å²) in [5, 5.41) is 4.50. The van der Waals surface area contributed by atoms with Crippen molar-refractivity contribution in [3.8, 4) is 0 Å². The van der Waals surface area contributed by atoms with Crippen molar-refractivity contribution in [3.05, 3.63) is 52.3 Å². The molecule has 1 heterocycles. The number of aryl methyl sites for hydroxylation is 1. The fraction of sp³-hybridized carbons (Fsp3) is 0.375. The van der Waals surface area contributed by atoms with Gasteiger partial charge in [-0.15, -0.1) is 0 Å². The number of halogens is 1. The molecule has 0 radical (unpaired) electrons. The highest BCUT2D eigenvalue weighted by atomic mass is 35.5. The SMILES string of the molecule is CCn1ncc(Cl)c1C(=O)c1ccc(C(C)(C)C)cc1. The lowest BCUT2D eigenvalue weighted by molar-refractivity contribution is 0.102. The number of carbonyl (C=O) groups excluding carboxylic acids is 1. The molecule has 0 bridgehead atoms. The summed E-state index contributed by atoms with van der Waals surface area (Å²) in [6.07, 6.45) is 1.52. The van der Waals surface area contributed by atoms with Gasteiger partial charge in [-0.2, -0.15) is 5.10 Å². The number of nitrogens with zero attached hydrogens (tertiary/aromatic N) is 2. The van der Waals surface area contributed by atoms with Gasteiger partial charge in [0.25, 0.3) is 0 Å². The topological polar surface area (TPSA) is 34.9 Å². The van der Waals surface area contributed by atoms with Crippen LogP contribution in [0.15, 0.2) is 30.5 Å². The lowest BCUT2D eigenvalue weighted by atomic mass is 9.86.